The molecule has 0 aromatic heterocycles. The van der Waals surface area contributed by atoms with Gasteiger partial charge in [0.05, 0.1) is 0 Å². The van der Waals surface area contributed by atoms with E-state index in [2.05, 4.69) is 5.32 Å². The van der Waals surface area contributed by atoms with Crippen LogP contribution in [0.1, 0.15) is 35.1 Å². The first kappa shape index (κ1) is 34.5. The molecule has 0 bridgehead atoms. The number of likely N-dealkylation sites (N-methyl/N-ethyl adjacent to an activating group) is 1. The Bertz CT molecular complexity index is 1880. The van der Waals surface area contributed by atoms with Gasteiger partial charge < -0.3 is 56.0 Å². The van der Waals surface area contributed by atoms with Crippen LogP contribution in [-0.4, -0.2) is 77.1 Å². The number of phenols is 8. The SMILES string of the molecule is CCNC[C@@H](c1cc(O)c(O)c(O)c1)[C@@H](OC(=O)/C=C/c1cc(O)c(O)cc1/C=C/c1cc(O)c(O)cc1-c1cccc(O)c1)C(=O)O. The topological polar surface area (TPSA) is 237 Å². The largest absolute Gasteiger partial charge is 0.508 e. The predicted molar refractivity (Wildman–Crippen MR) is 175 cm³/mol. The van der Waals surface area contributed by atoms with Gasteiger partial charge in [-0.05, 0) is 94.5 Å². The van der Waals surface area contributed by atoms with Gasteiger partial charge in [0.15, 0.2) is 40.2 Å². The highest BCUT2D eigenvalue weighted by atomic mass is 16.6. The number of carboxylic acid groups (broad SMARTS) is 1. The van der Waals surface area contributed by atoms with Crippen molar-refractivity contribution < 1.29 is 60.3 Å². The second-order valence-electron chi connectivity index (χ2n) is 10.6. The molecule has 0 aliphatic rings. The zero-order valence-corrected chi connectivity index (χ0v) is 25.4. The highest BCUT2D eigenvalue weighted by Crippen LogP contribution is 2.39. The minimum atomic E-state index is -1.81. The van der Waals surface area contributed by atoms with Crippen LogP contribution in [-0.2, 0) is 14.3 Å². The Balaban J connectivity index is 1.66. The lowest BCUT2D eigenvalue weighted by Gasteiger charge is -2.24. The molecule has 250 valence electrons. The molecule has 4 rings (SSSR count). The van der Waals surface area contributed by atoms with E-state index in [-0.39, 0.29) is 29.0 Å². The lowest BCUT2D eigenvalue weighted by Crippen LogP contribution is -2.38. The summed E-state index contributed by atoms with van der Waals surface area (Å²) in [6.07, 6.45) is 3.31. The van der Waals surface area contributed by atoms with Crippen molar-refractivity contribution >= 4 is 30.2 Å². The van der Waals surface area contributed by atoms with Crippen molar-refractivity contribution in [2.45, 2.75) is 18.9 Å². The maximum absolute atomic E-state index is 12.9. The van der Waals surface area contributed by atoms with Crippen LogP contribution in [0.25, 0.3) is 29.4 Å². The number of phenolic OH excluding ortho intramolecular Hbond substituents is 8. The summed E-state index contributed by atoms with van der Waals surface area (Å²) in [6, 6.07) is 13.2. The van der Waals surface area contributed by atoms with Crippen LogP contribution < -0.4 is 5.32 Å². The quantitative estimate of drug-likeness (QED) is 0.0435. The number of aromatic hydroxyl groups is 8. The Morgan fingerprint density at radius 1 is 0.729 bits per heavy atom. The average molecular weight is 660 g/mol. The number of benzene rings is 4. The fourth-order valence-corrected chi connectivity index (χ4v) is 4.90. The second-order valence-corrected chi connectivity index (χ2v) is 10.6. The molecule has 4 aromatic carbocycles. The first-order valence-electron chi connectivity index (χ1n) is 14.5. The van der Waals surface area contributed by atoms with Crippen molar-refractivity contribution in [3.63, 3.8) is 0 Å². The molecule has 0 heterocycles. The van der Waals surface area contributed by atoms with Crippen LogP contribution in [0, 0.1) is 0 Å². The van der Waals surface area contributed by atoms with Gasteiger partial charge in [-0.1, -0.05) is 31.2 Å². The van der Waals surface area contributed by atoms with Crippen LogP contribution in [0.4, 0.5) is 0 Å². The number of ether oxygens (including phenoxy) is 1. The van der Waals surface area contributed by atoms with Crippen LogP contribution in [0.3, 0.4) is 0 Å². The highest BCUT2D eigenvalue weighted by Gasteiger charge is 2.33. The molecule has 0 amide bonds. The van der Waals surface area contributed by atoms with Crippen LogP contribution in [0.15, 0.2) is 66.7 Å². The molecule has 48 heavy (non-hydrogen) atoms. The molecule has 13 heteroatoms. The van der Waals surface area contributed by atoms with Gasteiger partial charge >= 0.3 is 11.9 Å². The predicted octanol–water partition coefficient (Wildman–Crippen LogP) is 4.57. The van der Waals surface area contributed by atoms with E-state index >= 15 is 0 Å². The summed E-state index contributed by atoms with van der Waals surface area (Å²) in [6.45, 7) is 2.11. The molecular weight excluding hydrogens is 626 g/mol. The Kier molecular flexibility index (Phi) is 10.7. The molecule has 0 aliphatic carbocycles. The molecule has 10 N–H and O–H groups in total. The van der Waals surface area contributed by atoms with Crippen LogP contribution in [0.2, 0.25) is 0 Å². The van der Waals surface area contributed by atoms with Gasteiger partial charge in [0, 0.05) is 18.5 Å². The molecule has 0 unspecified atom stereocenters. The molecule has 0 radical (unpaired) electrons. The van der Waals surface area contributed by atoms with E-state index in [1.807, 2.05) is 0 Å². The molecule has 4 aromatic rings. The highest BCUT2D eigenvalue weighted by molar-refractivity contribution is 5.91. The number of rotatable bonds is 12. The Hall–Kier alpha value is -6.34. The molecule has 0 spiro atoms. The van der Waals surface area contributed by atoms with E-state index in [9.17, 15) is 55.5 Å². The zero-order chi connectivity index (χ0) is 35.1. The first-order valence-corrected chi connectivity index (χ1v) is 14.5. The average Bonchev–Trinajstić information content (AvgIpc) is 3.04. The Labute approximate surface area is 273 Å². The molecule has 0 saturated carbocycles. The third-order valence-electron chi connectivity index (χ3n) is 7.31. The number of esters is 1. The van der Waals surface area contributed by atoms with E-state index in [0.717, 1.165) is 24.3 Å². The number of aliphatic carboxylic acids is 1. The fraction of sp³-hybridized carbons (Fsp3) is 0.143. The van der Waals surface area contributed by atoms with Crippen LogP contribution >= 0.6 is 0 Å². The Morgan fingerprint density at radius 2 is 1.29 bits per heavy atom. The fourth-order valence-electron chi connectivity index (χ4n) is 4.90. The first-order chi connectivity index (χ1) is 22.8. The normalized spacial score (nSPS) is 12.7. The number of carboxylic acids is 1. The van der Waals surface area contributed by atoms with Crippen molar-refractivity contribution in [2.24, 2.45) is 0 Å². The minimum Gasteiger partial charge on any atom is -0.508 e. The summed E-state index contributed by atoms with van der Waals surface area (Å²) >= 11 is 0. The summed E-state index contributed by atoms with van der Waals surface area (Å²) < 4.78 is 5.29. The maximum atomic E-state index is 12.9. The molecular formula is C35H33NO12. The summed E-state index contributed by atoms with van der Waals surface area (Å²) in [7, 11) is 0. The smallest absolute Gasteiger partial charge is 0.345 e. The molecule has 0 saturated heterocycles. The monoisotopic (exact) mass is 659 g/mol. The summed E-state index contributed by atoms with van der Waals surface area (Å²) in [5, 5.41) is 93.2. The van der Waals surface area contributed by atoms with Gasteiger partial charge in [0.1, 0.15) is 5.75 Å². The van der Waals surface area contributed by atoms with Crippen molar-refractivity contribution in [3.05, 3.63) is 89.0 Å². The van der Waals surface area contributed by atoms with Gasteiger partial charge in [-0.3, -0.25) is 0 Å². The van der Waals surface area contributed by atoms with E-state index in [1.54, 1.807) is 19.1 Å². The van der Waals surface area contributed by atoms with E-state index in [0.29, 0.717) is 23.2 Å². The number of nitrogens with one attached hydrogen (secondary N) is 1. The van der Waals surface area contributed by atoms with E-state index < -0.39 is 64.2 Å². The molecule has 13 nitrogen and oxygen atoms in total. The van der Waals surface area contributed by atoms with Crippen molar-refractivity contribution in [2.75, 3.05) is 13.1 Å². The third kappa shape index (κ3) is 8.08. The van der Waals surface area contributed by atoms with Crippen LogP contribution in [0.5, 0.6) is 46.0 Å². The van der Waals surface area contributed by atoms with Gasteiger partial charge in [0.2, 0.25) is 6.10 Å². The maximum Gasteiger partial charge on any atom is 0.345 e. The van der Waals surface area contributed by atoms with E-state index in [4.69, 9.17) is 4.74 Å². The zero-order valence-electron chi connectivity index (χ0n) is 25.4. The standard InChI is InChI=1S/C35H33NO12/c1-2-36-17-25(22-14-30(42)33(45)31(43)15-22)34(35(46)47)48-32(44)9-8-19-12-27(39)26(38)11-18(19)6-7-21-13-28(40)29(41)16-24(21)20-4-3-5-23(37)10-20/h3-16,25,34,36-43,45H,2,17H2,1H3,(H,46,47)/b7-6+,9-8+/t25-,34+/m0/s1. The molecule has 2 atom stereocenters. The van der Waals surface area contributed by atoms with E-state index in [1.165, 1.54) is 48.6 Å². The molecule has 0 aliphatic heterocycles. The van der Waals surface area contributed by atoms with Crippen molar-refractivity contribution in [1.82, 2.24) is 5.32 Å². The van der Waals surface area contributed by atoms with Gasteiger partial charge in [-0.15, -0.1) is 0 Å². The van der Waals surface area contributed by atoms with Crippen molar-refractivity contribution in [3.8, 4) is 57.1 Å². The van der Waals surface area contributed by atoms with Gasteiger partial charge in [0.25, 0.3) is 0 Å². The lowest BCUT2D eigenvalue weighted by atomic mass is 9.92. The Morgan fingerprint density at radius 3 is 1.88 bits per heavy atom. The minimum absolute atomic E-state index is 0.0322. The summed E-state index contributed by atoms with van der Waals surface area (Å²) in [4.78, 5) is 25.2. The molecule has 0 fully saturated rings. The second kappa shape index (κ2) is 14.8. The summed E-state index contributed by atoms with van der Waals surface area (Å²) in [5.41, 5.74) is 1.85. The number of carbonyl (C=O) groups is 2. The van der Waals surface area contributed by atoms with Crippen molar-refractivity contribution in [1.29, 1.82) is 0 Å². The number of carbonyl (C=O) groups excluding carboxylic acids is 1. The number of hydrogen-bond donors (Lipinski definition) is 10. The summed E-state index contributed by atoms with van der Waals surface area (Å²) in [5.74, 6) is -7.83. The van der Waals surface area contributed by atoms with Gasteiger partial charge in [-0.2, -0.15) is 0 Å². The lowest BCUT2D eigenvalue weighted by molar-refractivity contribution is -0.162. The van der Waals surface area contributed by atoms with Gasteiger partial charge in [-0.25, -0.2) is 9.59 Å². The third-order valence-corrected chi connectivity index (χ3v) is 7.31. The number of hydrogen-bond acceptors (Lipinski definition) is 12.